The van der Waals surface area contributed by atoms with Crippen molar-refractivity contribution in [1.82, 2.24) is 15.8 Å². The molecular weight excluding hydrogens is 431 g/mol. The number of aromatic carboxylic acids is 1. The molecule has 2 amide bonds. The molecule has 0 radical (unpaired) electrons. The molecule has 3 rings (SSSR count). The molecule has 0 spiro atoms. The molecule has 0 aliphatic carbocycles. The lowest BCUT2D eigenvalue weighted by molar-refractivity contribution is -0.137. The van der Waals surface area contributed by atoms with Crippen LogP contribution in [0.1, 0.15) is 40.1 Å². The minimum Gasteiger partial charge on any atom is -0.478 e. The van der Waals surface area contributed by atoms with Crippen LogP contribution in [0.25, 0.3) is 0 Å². The topological polar surface area (TPSA) is 124 Å². The standard InChI is InChI=1S/C20H16F3N5O4/c1-10(25-26-17(29)12-3-5-13(6-4-12)19(31)32)16-11(2)27-28(18(16)30)15-8-7-14(9-24-15)20(21,22)23/h3-9,25H,1-2H3,(H,26,29)(H,31,32). The van der Waals surface area contributed by atoms with Crippen LogP contribution in [0.5, 0.6) is 0 Å². The van der Waals surface area contributed by atoms with Gasteiger partial charge in [-0.25, -0.2) is 9.78 Å². The van der Waals surface area contributed by atoms with Gasteiger partial charge in [-0.15, -0.1) is 0 Å². The van der Waals surface area contributed by atoms with Crippen LogP contribution in [0.4, 0.5) is 19.0 Å². The fourth-order valence-electron chi connectivity index (χ4n) is 2.82. The van der Waals surface area contributed by atoms with Gasteiger partial charge in [0.25, 0.3) is 11.8 Å². The Morgan fingerprint density at radius 2 is 1.66 bits per heavy atom. The van der Waals surface area contributed by atoms with Crippen LogP contribution in [0.3, 0.4) is 0 Å². The molecule has 2 heterocycles. The van der Waals surface area contributed by atoms with Gasteiger partial charge in [0.2, 0.25) is 0 Å². The van der Waals surface area contributed by atoms with Gasteiger partial charge in [-0.3, -0.25) is 15.0 Å². The lowest BCUT2D eigenvalue weighted by atomic mass is 10.1. The molecule has 12 heteroatoms. The smallest absolute Gasteiger partial charge is 0.417 e. The van der Waals surface area contributed by atoms with E-state index in [-0.39, 0.29) is 33.9 Å². The zero-order valence-corrected chi connectivity index (χ0v) is 16.7. The maximum atomic E-state index is 12.7. The maximum Gasteiger partial charge on any atom is 0.417 e. The highest BCUT2D eigenvalue weighted by molar-refractivity contribution is 6.30. The normalized spacial score (nSPS) is 15.3. The predicted molar refractivity (Wildman–Crippen MR) is 107 cm³/mol. The molecule has 1 aromatic carbocycles. The van der Waals surface area contributed by atoms with Crippen LogP contribution in [-0.4, -0.2) is 33.6 Å². The summed E-state index contributed by atoms with van der Waals surface area (Å²) in [6.45, 7) is 3.03. The van der Waals surface area contributed by atoms with Gasteiger partial charge < -0.3 is 10.5 Å². The highest BCUT2D eigenvalue weighted by Gasteiger charge is 2.34. The number of allylic oxidation sites excluding steroid dienone is 1. The molecule has 1 aliphatic rings. The molecule has 0 saturated carbocycles. The zero-order valence-electron chi connectivity index (χ0n) is 16.7. The van der Waals surface area contributed by atoms with Crippen molar-refractivity contribution < 1.29 is 32.7 Å². The van der Waals surface area contributed by atoms with E-state index in [0.717, 1.165) is 17.1 Å². The number of carboxylic acid groups (broad SMARTS) is 1. The zero-order chi connectivity index (χ0) is 23.6. The summed E-state index contributed by atoms with van der Waals surface area (Å²) in [5, 5.41) is 13.8. The van der Waals surface area contributed by atoms with Crippen molar-refractivity contribution in [3.05, 3.63) is 70.6 Å². The Kier molecular flexibility index (Phi) is 5.96. The van der Waals surface area contributed by atoms with Crippen LogP contribution < -0.4 is 15.9 Å². The van der Waals surface area contributed by atoms with E-state index in [9.17, 15) is 27.6 Å². The third kappa shape index (κ3) is 4.58. The summed E-state index contributed by atoms with van der Waals surface area (Å²) in [6.07, 6.45) is -3.95. The highest BCUT2D eigenvalue weighted by atomic mass is 19.4. The first-order valence-electron chi connectivity index (χ1n) is 9.03. The van der Waals surface area contributed by atoms with Gasteiger partial charge in [0, 0.05) is 17.5 Å². The number of carboxylic acids is 1. The Balaban J connectivity index is 1.72. The van der Waals surface area contributed by atoms with Gasteiger partial charge >= 0.3 is 12.1 Å². The summed E-state index contributed by atoms with van der Waals surface area (Å²) < 4.78 is 38.1. The average molecular weight is 447 g/mol. The second-order valence-electron chi connectivity index (χ2n) is 6.67. The van der Waals surface area contributed by atoms with Crippen LogP contribution in [0, 0.1) is 0 Å². The van der Waals surface area contributed by atoms with Gasteiger partial charge in [0.15, 0.2) is 5.82 Å². The first kappa shape index (κ1) is 22.5. The van der Waals surface area contributed by atoms with Gasteiger partial charge in [-0.05, 0) is 50.2 Å². The van der Waals surface area contributed by atoms with Crippen molar-refractivity contribution >= 4 is 29.3 Å². The number of pyridine rings is 1. The number of hydrogen-bond donors (Lipinski definition) is 3. The number of anilines is 1. The number of hydrazone groups is 1. The number of hydrogen-bond acceptors (Lipinski definition) is 6. The van der Waals surface area contributed by atoms with E-state index in [2.05, 4.69) is 20.9 Å². The van der Waals surface area contributed by atoms with Gasteiger partial charge in [0.1, 0.15) is 0 Å². The van der Waals surface area contributed by atoms with E-state index < -0.39 is 29.5 Å². The fourth-order valence-corrected chi connectivity index (χ4v) is 2.82. The summed E-state index contributed by atoms with van der Waals surface area (Å²) in [4.78, 5) is 39.5. The van der Waals surface area contributed by atoms with Crippen LogP contribution in [0.2, 0.25) is 0 Å². The molecule has 0 fully saturated rings. The summed E-state index contributed by atoms with van der Waals surface area (Å²) in [5.74, 6) is -2.44. The summed E-state index contributed by atoms with van der Waals surface area (Å²) in [5.41, 5.74) is 4.82. The van der Waals surface area contributed by atoms with Crippen molar-refractivity contribution in [2.45, 2.75) is 20.0 Å². The van der Waals surface area contributed by atoms with Gasteiger partial charge in [0.05, 0.1) is 22.4 Å². The Morgan fingerprint density at radius 3 is 2.19 bits per heavy atom. The Hall–Kier alpha value is -4.22. The minimum atomic E-state index is -4.56. The number of alkyl halides is 3. The first-order valence-corrected chi connectivity index (χ1v) is 9.03. The largest absolute Gasteiger partial charge is 0.478 e. The van der Waals surface area contributed by atoms with E-state index in [1.807, 2.05) is 0 Å². The summed E-state index contributed by atoms with van der Waals surface area (Å²) >= 11 is 0. The van der Waals surface area contributed by atoms with E-state index in [4.69, 9.17) is 5.11 Å². The van der Waals surface area contributed by atoms with Crippen molar-refractivity contribution in [2.75, 3.05) is 5.01 Å². The number of carbonyl (C=O) groups excluding carboxylic acids is 2. The molecule has 1 aromatic heterocycles. The van der Waals surface area contributed by atoms with E-state index in [1.165, 1.54) is 38.1 Å². The van der Waals surface area contributed by atoms with E-state index in [0.29, 0.717) is 6.20 Å². The third-order valence-corrected chi connectivity index (χ3v) is 4.44. The van der Waals surface area contributed by atoms with Crippen LogP contribution in [-0.2, 0) is 11.0 Å². The highest BCUT2D eigenvalue weighted by Crippen LogP contribution is 2.30. The van der Waals surface area contributed by atoms with Crippen LogP contribution >= 0.6 is 0 Å². The first-order chi connectivity index (χ1) is 15.0. The molecule has 3 N–H and O–H groups in total. The maximum absolute atomic E-state index is 12.7. The average Bonchev–Trinajstić information content (AvgIpc) is 3.05. The number of halogens is 3. The predicted octanol–water partition coefficient (Wildman–Crippen LogP) is 2.73. The SMILES string of the molecule is CC1=NN(c2ccc(C(F)(F)F)cn2)C(=O)C1=C(C)NNC(=O)c1ccc(C(=O)O)cc1. The lowest BCUT2D eigenvalue weighted by Gasteiger charge is -2.14. The monoisotopic (exact) mass is 447 g/mol. The molecule has 0 bridgehead atoms. The second-order valence-corrected chi connectivity index (χ2v) is 6.67. The van der Waals surface area contributed by atoms with Crippen LogP contribution in [0.15, 0.2) is 59.0 Å². The molecule has 32 heavy (non-hydrogen) atoms. The second kappa shape index (κ2) is 8.49. The fraction of sp³-hybridized carbons (Fsp3) is 0.150. The number of nitrogens with zero attached hydrogens (tertiary/aromatic N) is 3. The van der Waals surface area contributed by atoms with Gasteiger partial charge in [-0.1, -0.05) is 0 Å². The number of nitrogens with one attached hydrogen (secondary N) is 2. The Morgan fingerprint density at radius 1 is 1.03 bits per heavy atom. The quantitative estimate of drug-likeness (QED) is 0.478. The molecule has 2 aromatic rings. The number of carbonyl (C=O) groups is 3. The molecule has 1 aliphatic heterocycles. The molecular formula is C20H16F3N5O4. The Bertz CT molecular complexity index is 1140. The van der Waals surface area contributed by atoms with Crippen molar-refractivity contribution in [1.29, 1.82) is 0 Å². The molecule has 0 unspecified atom stereocenters. The number of amides is 2. The number of rotatable bonds is 5. The lowest BCUT2D eigenvalue weighted by Crippen LogP contribution is -2.38. The molecule has 166 valence electrons. The number of benzene rings is 1. The Labute approximate surface area is 179 Å². The van der Waals surface area contributed by atoms with Crippen molar-refractivity contribution in [3.8, 4) is 0 Å². The number of hydrazine groups is 1. The van der Waals surface area contributed by atoms with Crippen molar-refractivity contribution in [2.24, 2.45) is 5.10 Å². The van der Waals surface area contributed by atoms with E-state index >= 15 is 0 Å². The minimum absolute atomic E-state index is 0.0214. The molecule has 0 atom stereocenters. The van der Waals surface area contributed by atoms with E-state index in [1.54, 1.807) is 0 Å². The number of aromatic nitrogens is 1. The van der Waals surface area contributed by atoms with Gasteiger partial charge in [-0.2, -0.15) is 23.3 Å². The summed E-state index contributed by atoms with van der Waals surface area (Å²) in [7, 11) is 0. The third-order valence-electron chi connectivity index (χ3n) is 4.44. The molecule has 0 saturated heterocycles. The van der Waals surface area contributed by atoms with Crippen molar-refractivity contribution in [3.63, 3.8) is 0 Å². The molecule has 9 nitrogen and oxygen atoms in total. The summed E-state index contributed by atoms with van der Waals surface area (Å²) in [6, 6.07) is 7.03.